The van der Waals surface area contributed by atoms with Gasteiger partial charge in [0.25, 0.3) is 5.91 Å². The van der Waals surface area contributed by atoms with Crippen molar-refractivity contribution >= 4 is 23.2 Å². The Morgan fingerprint density at radius 2 is 1.57 bits per heavy atom. The zero-order valence-corrected chi connectivity index (χ0v) is 24.5. The molecule has 1 saturated carbocycles. The Bertz CT molecular complexity index is 1520. The average Bonchev–Trinajstić information content (AvgIpc) is 3.04. The van der Waals surface area contributed by atoms with E-state index in [9.17, 15) is 9.59 Å². The summed E-state index contributed by atoms with van der Waals surface area (Å²) in [4.78, 5) is 33.2. The van der Waals surface area contributed by atoms with Crippen LogP contribution < -0.4 is 20.3 Å². The molecule has 3 aromatic carbocycles. The standard InChI is InChI=1S/C35H38N4O3/c1-39(2)31-16-14-27(15-17-31)26-12-10-25(11-13-26)22-37-34(41)35(18-5-4-6-19-35)29-9-7-8-28(20-29)33(40)38-30-21-32(42-3)24-36-23-30/h7-17,20-21,23-24H,4-6,18-19,22H2,1-3H3,(H,37,41)(H,38,40). The third-order valence-corrected chi connectivity index (χ3v) is 8.15. The molecule has 1 heterocycles. The lowest BCUT2D eigenvalue weighted by atomic mass is 9.68. The summed E-state index contributed by atoms with van der Waals surface area (Å²) in [5.74, 6) is 0.322. The molecule has 0 radical (unpaired) electrons. The summed E-state index contributed by atoms with van der Waals surface area (Å²) in [6.07, 6.45) is 7.72. The van der Waals surface area contributed by atoms with E-state index in [2.05, 4.69) is 69.0 Å². The Morgan fingerprint density at radius 3 is 2.24 bits per heavy atom. The van der Waals surface area contributed by atoms with Crippen LogP contribution in [0.2, 0.25) is 0 Å². The monoisotopic (exact) mass is 562 g/mol. The molecule has 1 aliphatic rings. The molecule has 216 valence electrons. The molecule has 2 amide bonds. The minimum Gasteiger partial charge on any atom is -0.495 e. The number of ether oxygens (including phenoxy) is 1. The summed E-state index contributed by atoms with van der Waals surface area (Å²) in [5, 5.41) is 6.11. The second-order valence-corrected chi connectivity index (χ2v) is 11.1. The number of carbonyl (C=O) groups is 2. The molecule has 0 saturated heterocycles. The topological polar surface area (TPSA) is 83.6 Å². The second kappa shape index (κ2) is 12.9. The van der Waals surface area contributed by atoms with Gasteiger partial charge in [-0.1, -0.05) is 67.8 Å². The molecule has 0 aliphatic heterocycles. The number of hydrogen-bond acceptors (Lipinski definition) is 5. The van der Waals surface area contributed by atoms with Crippen LogP contribution in [0, 0.1) is 0 Å². The summed E-state index contributed by atoms with van der Waals surface area (Å²) >= 11 is 0. The quantitative estimate of drug-likeness (QED) is 0.240. The van der Waals surface area contributed by atoms with Crippen LogP contribution in [0.3, 0.4) is 0 Å². The summed E-state index contributed by atoms with van der Waals surface area (Å²) in [6, 6.07) is 26.0. The molecule has 0 atom stereocenters. The number of carbonyl (C=O) groups excluding carboxylic acids is 2. The third-order valence-electron chi connectivity index (χ3n) is 8.15. The zero-order chi connectivity index (χ0) is 29.5. The van der Waals surface area contributed by atoms with Gasteiger partial charge in [-0.25, -0.2) is 0 Å². The molecule has 7 nitrogen and oxygen atoms in total. The molecule has 5 rings (SSSR count). The molecular formula is C35H38N4O3. The van der Waals surface area contributed by atoms with Gasteiger partial charge in [0.2, 0.25) is 5.91 Å². The van der Waals surface area contributed by atoms with Crippen LogP contribution in [0.15, 0.2) is 91.3 Å². The van der Waals surface area contributed by atoms with Gasteiger partial charge in [0.05, 0.1) is 30.6 Å². The predicted molar refractivity (Wildman–Crippen MR) is 168 cm³/mol. The number of pyridine rings is 1. The number of nitrogens with zero attached hydrogens (tertiary/aromatic N) is 2. The van der Waals surface area contributed by atoms with E-state index in [-0.39, 0.29) is 11.8 Å². The molecule has 4 aromatic rings. The predicted octanol–water partition coefficient (Wildman–Crippen LogP) is 6.59. The molecule has 7 heteroatoms. The average molecular weight is 563 g/mol. The van der Waals surface area contributed by atoms with Crippen LogP contribution in [0.25, 0.3) is 11.1 Å². The van der Waals surface area contributed by atoms with Crippen molar-refractivity contribution in [2.75, 3.05) is 31.4 Å². The molecule has 2 N–H and O–H groups in total. The third kappa shape index (κ3) is 6.46. The lowest BCUT2D eigenvalue weighted by Gasteiger charge is -2.36. The lowest BCUT2D eigenvalue weighted by Crippen LogP contribution is -2.45. The van der Waals surface area contributed by atoms with Gasteiger partial charge in [-0.05, 0) is 59.4 Å². The van der Waals surface area contributed by atoms with Crippen molar-refractivity contribution in [3.63, 3.8) is 0 Å². The van der Waals surface area contributed by atoms with Crippen LogP contribution >= 0.6 is 0 Å². The second-order valence-electron chi connectivity index (χ2n) is 11.1. The highest BCUT2D eigenvalue weighted by Crippen LogP contribution is 2.40. The van der Waals surface area contributed by atoms with Crippen LogP contribution in [0.4, 0.5) is 11.4 Å². The van der Waals surface area contributed by atoms with Gasteiger partial charge >= 0.3 is 0 Å². The first-order valence-electron chi connectivity index (χ1n) is 14.4. The highest BCUT2D eigenvalue weighted by atomic mass is 16.5. The number of rotatable bonds is 9. The fraction of sp³-hybridized carbons (Fsp3) is 0.286. The Balaban J connectivity index is 1.29. The zero-order valence-electron chi connectivity index (χ0n) is 24.5. The first-order valence-corrected chi connectivity index (χ1v) is 14.4. The van der Waals surface area contributed by atoms with Crippen molar-refractivity contribution in [3.05, 3.63) is 108 Å². The molecule has 1 fully saturated rings. The molecule has 1 aromatic heterocycles. The maximum Gasteiger partial charge on any atom is 0.255 e. The first-order chi connectivity index (χ1) is 20.4. The molecule has 0 unspecified atom stereocenters. The van der Waals surface area contributed by atoms with Crippen molar-refractivity contribution in [1.29, 1.82) is 0 Å². The van der Waals surface area contributed by atoms with Gasteiger partial charge in [0, 0.05) is 38.0 Å². The minimum atomic E-state index is -0.666. The van der Waals surface area contributed by atoms with Crippen LogP contribution in [0.1, 0.15) is 53.6 Å². The van der Waals surface area contributed by atoms with E-state index in [1.807, 2.05) is 32.3 Å². The number of methoxy groups -OCH3 is 1. The SMILES string of the molecule is COc1cncc(NC(=O)c2cccc(C3(C(=O)NCc4ccc(-c5ccc(N(C)C)cc5)cc4)CCCCC3)c2)c1. The Labute approximate surface area is 247 Å². The highest BCUT2D eigenvalue weighted by Gasteiger charge is 2.41. The van der Waals surface area contributed by atoms with E-state index in [4.69, 9.17) is 4.74 Å². The van der Waals surface area contributed by atoms with E-state index in [0.717, 1.165) is 60.0 Å². The molecular weight excluding hydrogens is 524 g/mol. The Kier molecular flexibility index (Phi) is 8.86. The summed E-state index contributed by atoms with van der Waals surface area (Å²) in [7, 11) is 5.62. The summed E-state index contributed by atoms with van der Waals surface area (Å²) < 4.78 is 5.21. The lowest BCUT2D eigenvalue weighted by molar-refractivity contribution is -0.128. The number of hydrogen-bond donors (Lipinski definition) is 2. The van der Waals surface area contributed by atoms with Crippen molar-refractivity contribution in [1.82, 2.24) is 10.3 Å². The fourth-order valence-electron chi connectivity index (χ4n) is 5.68. The number of nitrogens with one attached hydrogen (secondary N) is 2. The van der Waals surface area contributed by atoms with Crippen LogP contribution in [0.5, 0.6) is 5.75 Å². The van der Waals surface area contributed by atoms with E-state index >= 15 is 0 Å². The van der Waals surface area contributed by atoms with Crippen molar-refractivity contribution in [2.45, 2.75) is 44.1 Å². The van der Waals surface area contributed by atoms with Crippen molar-refractivity contribution in [2.24, 2.45) is 0 Å². The van der Waals surface area contributed by atoms with Gasteiger partial charge in [-0.15, -0.1) is 0 Å². The largest absolute Gasteiger partial charge is 0.495 e. The Hall–Kier alpha value is -4.65. The fourth-order valence-corrected chi connectivity index (χ4v) is 5.68. The molecule has 0 spiro atoms. The summed E-state index contributed by atoms with van der Waals surface area (Å²) in [5.41, 5.74) is 5.77. The van der Waals surface area contributed by atoms with Crippen LogP contribution in [-0.2, 0) is 16.8 Å². The number of aromatic nitrogens is 1. The molecule has 1 aliphatic carbocycles. The van der Waals surface area contributed by atoms with Crippen molar-refractivity contribution in [3.8, 4) is 16.9 Å². The Morgan fingerprint density at radius 1 is 0.881 bits per heavy atom. The number of amides is 2. The maximum atomic E-state index is 13.9. The normalized spacial score (nSPS) is 14.1. The van der Waals surface area contributed by atoms with Crippen LogP contribution in [-0.4, -0.2) is 38.0 Å². The van der Waals surface area contributed by atoms with E-state index < -0.39 is 5.41 Å². The minimum absolute atomic E-state index is 0.0140. The van der Waals surface area contributed by atoms with Gasteiger partial charge < -0.3 is 20.3 Å². The maximum absolute atomic E-state index is 13.9. The first kappa shape index (κ1) is 28.9. The molecule has 42 heavy (non-hydrogen) atoms. The summed E-state index contributed by atoms with van der Waals surface area (Å²) in [6.45, 7) is 0.448. The number of benzene rings is 3. The van der Waals surface area contributed by atoms with E-state index in [1.54, 1.807) is 31.6 Å². The van der Waals surface area contributed by atoms with E-state index in [0.29, 0.717) is 23.5 Å². The molecule has 0 bridgehead atoms. The smallest absolute Gasteiger partial charge is 0.255 e. The van der Waals surface area contributed by atoms with Crippen molar-refractivity contribution < 1.29 is 14.3 Å². The van der Waals surface area contributed by atoms with Gasteiger partial charge in [-0.3, -0.25) is 14.6 Å². The highest BCUT2D eigenvalue weighted by molar-refractivity contribution is 6.04. The van der Waals surface area contributed by atoms with Gasteiger partial charge in [-0.2, -0.15) is 0 Å². The van der Waals surface area contributed by atoms with Gasteiger partial charge in [0.1, 0.15) is 5.75 Å². The van der Waals surface area contributed by atoms with Gasteiger partial charge in [0.15, 0.2) is 0 Å². The number of anilines is 2. The van der Waals surface area contributed by atoms with E-state index in [1.165, 1.54) is 0 Å².